The second-order valence-corrected chi connectivity index (χ2v) is 4.55. The van der Waals surface area contributed by atoms with E-state index in [1.807, 2.05) is 13.8 Å². The molecule has 0 aliphatic rings. The monoisotopic (exact) mass is 265 g/mol. The number of carbonyl (C=O) groups excluding carboxylic acids is 1. The van der Waals surface area contributed by atoms with Gasteiger partial charge in [0.15, 0.2) is 0 Å². The van der Waals surface area contributed by atoms with Crippen LogP contribution in [0, 0.1) is 12.8 Å². The number of phenolic OH excluding ortho intramolecular Hbond substituents is 1. The zero-order valence-corrected chi connectivity index (χ0v) is 11.1. The lowest BCUT2D eigenvalue weighted by Crippen LogP contribution is -2.32. The van der Waals surface area contributed by atoms with Crippen molar-refractivity contribution in [2.45, 2.75) is 26.7 Å². The van der Waals surface area contributed by atoms with E-state index in [1.54, 1.807) is 6.07 Å². The lowest BCUT2D eigenvalue weighted by Gasteiger charge is -2.13. The van der Waals surface area contributed by atoms with Crippen LogP contribution in [-0.4, -0.2) is 28.6 Å². The molecular weight excluding hydrogens is 246 g/mol. The van der Waals surface area contributed by atoms with Crippen molar-refractivity contribution in [2.75, 3.05) is 6.54 Å². The number of phenols is 1. The summed E-state index contributed by atoms with van der Waals surface area (Å²) in [6.45, 7) is 3.77. The Bertz CT molecular complexity index is 471. The molecule has 1 unspecified atom stereocenters. The van der Waals surface area contributed by atoms with Gasteiger partial charge in [-0.05, 0) is 31.0 Å². The Morgan fingerprint density at radius 1 is 1.37 bits per heavy atom. The fraction of sp³-hybridized carbons (Fsp3) is 0.429. The van der Waals surface area contributed by atoms with Crippen LogP contribution < -0.4 is 5.32 Å². The molecule has 5 heteroatoms. The summed E-state index contributed by atoms with van der Waals surface area (Å²) in [4.78, 5) is 22.8. The first-order chi connectivity index (χ1) is 8.95. The Labute approximate surface area is 112 Å². The number of aliphatic carboxylic acids is 1. The average Bonchev–Trinajstić information content (AvgIpc) is 2.33. The molecule has 0 aliphatic carbocycles. The number of aryl methyl sites for hydroxylation is 1. The van der Waals surface area contributed by atoms with Gasteiger partial charge in [-0.3, -0.25) is 9.59 Å². The fourth-order valence-electron chi connectivity index (χ4n) is 1.81. The smallest absolute Gasteiger partial charge is 0.308 e. The Morgan fingerprint density at radius 2 is 2.05 bits per heavy atom. The van der Waals surface area contributed by atoms with Crippen molar-refractivity contribution >= 4 is 11.9 Å². The maximum Gasteiger partial charge on any atom is 0.308 e. The molecule has 1 aromatic carbocycles. The molecule has 1 aromatic rings. The highest BCUT2D eigenvalue weighted by molar-refractivity contribution is 5.97. The first-order valence-electron chi connectivity index (χ1n) is 6.26. The molecule has 0 radical (unpaired) electrons. The quantitative estimate of drug-likeness (QED) is 0.733. The van der Waals surface area contributed by atoms with E-state index in [2.05, 4.69) is 5.32 Å². The molecule has 0 saturated carbocycles. The highest BCUT2D eigenvalue weighted by atomic mass is 16.4. The van der Waals surface area contributed by atoms with E-state index in [0.29, 0.717) is 6.42 Å². The van der Waals surface area contributed by atoms with Crippen molar-refractivity contribution in [3.63, 3.8) is 0 Å². The van der Waals surface area contributed by atoms with Gasteiger partial charge in [0.1, 0.15) is 5.75 Å². The van der Waals surface area contributed by atoms with Crippen LogP contribution in [0.3, 0.4) is 0 Å². The maximum atomic E-state index is 11.8. The van der Waals surface area contributed by atoms with Gasteiger partial charge in [-0.15, -0.1) is 0 Å². The number of carbonyl (C=O) groups is 2. The number of hydrogen-bond donors (Lipinski definition) is 3. The lowest BCUT2D eigenvalue weighted by atomic mass is 10.0. The van der Waals surface area contributed by atoms with Gasteiger partial charge in [-0.2, -0.15) is 0 Å². The molecule has 1 amide bonds. The van der Waals surface area contributed by atoms with Crippen molar-refractivity contribution in [1.29, 1.82) is 0 Å². The van der Waals surface area contributed by atoms with Crippen molar-refractivity contribution in [3.8, 4) is 5.75 Å². The van der Waals surface area contributed by atoms with Gasteiger partial charge in [0, 0.05) is 6.54 Å². The number of carboxylic acids is 1. The van der Waals surface area contributed by atoms with E-state index < -0.39 is 17.8 Å². The summed E-state index contributed by atoms with van der Waals surface area (Å²) in [5, 5.41) is 21.2. The van der Waals surface area contributed by atoms with Crippen molar-refractivity contribution < 1.29 is 19.8 Å². The van der Waals surface area contributed by atoms with Crippen LogP contribution in [-0.2, 0) is 4.79 Å². The van der Waals surface area contributed by atoms with Gasteiger partial charge in [0.05, 0.1) is 11.5 Å². The molecule has 0 spiro atoms. The molecule has 3 N–H and O–H groups in total. The summed E-state index contributed by atoms with van der Waals surface area (Å²) >= 11 is 0. The SMILES string of the molecule is CCCC(CNC(=O)c1ccc(C)cc1O)C(=O)O. The average molecular weight is 265 g/mol. The van der Waals surface area contributed by atoms with Crippen molar-refractivity contribution in [3.05, 3.63) is 29.3 Å². The van der Waals surface area contributed by atoms with E-state index in [1.165, 1.54) is 12.1 Å². The van der Waals surface area contributed by atoms with Crippen molar-refractivity contribution in [1.82, 2.24) is 5.32 Å². The summed E-state index contributed by atoms with van der Waals surface area (Å²) in [6, 6.07) is 4.74. The normalized spacial score (nSPS) is 11.9. The second kappa shape index (κ2) is 6.78. The minimum Gasteiger partial charge on any atom is -0.507 e. The molecular formula is C14H19NO4. The van der Waals surface area contributed by atoms with Gasteiger partial charge in [0.25, 0.3) is 5.91 Å². The molecule has 1 atom stereocenters. The molecule has 0 aliphatic heterocycles. The number of nitrogens with one attached hydrogen (secondary N) is 1. The summed E-state index contributed by atoms with van der Waals surface area (Å²) in [5.41, 5.74) is 1.01. The van der Waals surface area contributed by atoms with E-state index in [4.69, 9.17) is 5.11 Å². The number of hydrogen-bond acceptors (Lipinski definition) is 3. The first-order valence-corrected chi connectivity index (χ1v) is 6.26. The zero-order chi connectivity index (χ0) is 14.4. The molecule has 0 bridgehead atoms. The van der Waals surface area contributed by atoms with Gasteiger partial charge in [-0.25, -0.2) is 0 Å². The van der Waals surface area contributed by atoms with E-state index in [-0.39, 0.29) is 17.9 Å². The molecule has 1 rings (SSSR count). The highest BCUT2D eigenvalue weighted by Gasteiger charge is 2.18. The van der Waals surface area contributed by atoms with Crippen LogP contribution in [0.5, 0.6) is 5.75 Å². The van der Waals surface area contributed by atoms with Gasteiger partial charge < -0.3 is 15.5 Å². The lowest BCUT2D eigenvalue weighted by molar-refractivity contribution is -0.141. The molecule has 19 heavy (non-hydrogen) atoms. The van der Waals surface area contributed by atoms with E-state index >= 15 is 0 Å². The summed E-state index contributed by atoms with van der Waals surface area (Å²) < 4.78 is 0. The second-order valence-electron chi connectivity index (χ2n) is 4.55. The fourth-order valence-corrected chi connectivity index (χ4v) is 1.81. The third kappa shape index (κ3) is 4.28. The van der Waals surface area contributed by atoms with Crippen LogP contribution in [0.25, 0.3) is 0 Å². The Kier molecular flexibility index (Phi) is 5.36. The Morgan fingerprint density at radius 3 is 2.58 bits per heavy atom. The maximum absolute atomic E-state index is 11.8. The molecule has 0 saturated heterocycles. The zero-order valence-electron chi connectivity index (χ0n) is 11.1. The molecule has 0 heterocycles. The summed E-state index contributed by atoms with van der Waals surface area (Å²) in [6.07, 6.45) is 1.25. The predicted molar refractivity (Wildman–Crippen MR) is 71.2 cm³/mol. The van der Waals surface area contributed by atoms with Crippen LogP contribution in [0.2, 0.25) is 0 Å². The largest absolute Gasteiger partial charge is 0.507 e. The number of benzene rings is 1. The molecule has 0 aromatic heterocycles. The predicted octanol–water partition coefficient (Wildman–Crippen LogP) is 1.93. The van der Waals surface area contributed by atoms with Crippen LogP contribution in [0.1, 0.15) is 35.7 Å². The summed E-state index contributed by atoms with van der Waals surface area (Å²) in [7, 11) is 0. The Balaban J connectivity index is 2.66. The van der Waals surface area contributed by atoms with Gasteiger partial charge in [0.2, 0.25) is 0 Å². The van der Waals surface area contributed by atoms with Crippen LogP contribution in [0.4, 0.5) is 0 Å². The van der Waals surface area contributed by atoms with E-state index in [0.717, 1.165) is 12.0 Å². The standard InChI is InChI=1S/C14H19NO4/c1-3-4-10(14(18)19)8-15-13(17)11-6-5-9(2)7-12(11)16/h5-7,10,16H,3-4,8H2,1-2H3,(H,15,17)(H,18,19). The molecule has 0 fully saturated rings. The number of amides is 1. The van der Waals surface area contributed by atoms with Gasteiger partial charge in [-0.1, -0.05) is 19.4 Å². The number of rotatable bonds is 6. The third-order valence-electron chi connectivity index (χ3n) is 2.89. The minimum absolute atomic E-state index is 0.0648. The van der Waals surface area contributed by atoms with Crippen molar-refractivity contribution in [2.24, 2.45) is 5.92 Å². The molecule has 5 nitrogen and oxygen atoms in total. The number of carboxylic acid groups (broad SMARTS) is 1. The number of aromatic hydroxyl groups is 1. The molecule has 104 valence electrons. The highest BCUT2D eigenvalue weighted by Crippen LogP contribution is 2.18. The van der Waals surface area contributed by atoms with E-state index in [9.17, 15) is 14.7 Å². The topological polar surface area (TPSA) is 86.6 Å². The third-order valence-corrected chi connectivity index (χ3v) is 2.89. The minimum atomic E-state index is -0.921. The van der Waals surface area contributed by atoms with Crippen LogP contribution in [0.15, 0.2) is 18.2 Å². The van der Waals surface area contributed by atoms with Gasteiger partial charge >= 0.3 is 5.97 Å². The summed E-state index contributed by atoms with van der Waals surface area (Å²) in [5.74, 6) is -2.07. The Hall–Kier alpha value is -2.04. The first kappa shape index (κ1) is 15.0. The van der Waals surface area contributed by atoms with Crippen LogP contribution >= 0.6 is 0 Å².